The van der Waals surface area contributed by atoms with Crippen molar-refractivity contribution in [1.29, 1.82) is 0 Å². The summed E-state index contributed by atoms with van der Waals surface area (Å²) in [6.07, 6.45) is -0.238. The lowest BCUT2D eigenvalue weighted by molar-refractivity contribution is -0.122. The Balaban J connectivity index is 1.44. The Hall–Kier alpha value is -4.04. The second-order valence-electron chi connectivity index (χ2n) is 8.35. The molecule has 0 aliphatic heterocycles. The van der Waals surface area contributed by atoms with Crippen LogP contribution in [0, 0.1) is 6.92 Å². The van der Waals surface area contributed by atoms with Gasteiger partial charge in [-0.1, -0.05) is 43.3 Å². The van der Waals surface area contributed by atoms with Crippen LogP contribution in [0.3, 0.4) is 0 Å². The van der Waals surface area contributed by atoms with Crippen molar-refractivity contribution >= 4 is 38.1 Å². The molecule has 7 nitrogen and oxygen atoms in total. The van der Waals surface area contributed by atoms with Gasteiger partial charge in [0.15, 0.2) is 6.10 Å². The van der Waals surface area contributed by atoms with Gasteiger partial charge in [0.05, 0.1) is 17.7 Å². The summed E-state index contributed by atoms with van der Waals surface area (Å²) in [5, 5.41) is 4.92. The summed E-state index contributed by atoms with van der Waals surface area (Å²) in [6.45, 7) is 3.73. The number of carbonyl (C=O) groups is 1. The number of fused-ring (bicyclic) bond motifs is 1. The normalized spacial score (nSPS) is 12.1. The lowest BCUT2D eigenvalue weighted by Crippen LogP contribution is -2.32. The molecule has 8 heteroatoms. The molecule has 0 spiro atoms. The Morgan fingerprint density at radius 1 is 0.917 bits per heavy atom. The summed E-state index contributed by atoms with van der Waals surface area (Å²) in [4.78, 5) is 12.9. The van der Waals surface area contributed by atoms with Gasteiger partial charge >= 0.3 is 0 Å². The molecule has 0 fully saturated rings. The molecule has 0 saturated carbocycles. The van der Waals surface area contributed by atoms with Crippen molar-refractivity contribution in [2.45, 2.75) is 31.3 Å². The predicted octanol–water partition coefficient (Wildman–Crippen LogP) is 5.75. The van der Waals surface area contributed by atoms with Gasteiger partial charge in [-0.2, -0.15) is 0 Å². The van der Waals surface area contributed by atoms with E-state index in [2.05, 4.69) is 10.0 Å². The average Bonchev–Trinajstić information content (AvgIpc) is 2.87. The number of anilines is 2. The lowest BCUT2D eigenvalue weighted by atomic mass is 10.1. The first kappa shape index (κ1) is 25.1. The van der Waals surface area contributed by atoms with Gasteiger partial charge in [-0.15, -0.1) is 0 Å². The first-order chi connectivity index (χ1) is 17.3. The highest BCUT2D eigenvalue weighted by atomic mass is 32.2. The van der Waals surface area contributed by atoms with Crippen molar-refractivity contribution in [3.63, 3.8) is 0 Å². The van der Waals surface area contributed by atoms with Crippen LogP contribution in [0.25, 0.3) is 10.8 Å². The fourth-order valence-electron chi connectivity index (χ4n) is 3.77. The van der Waals surface area contributed by atoms with E-state index in [1.54, 1.807) is 24.3 Å². The number of sulfonamides is 1. The van der Waals surface area contributed by atoms with Crippen LogP contribution in [0.5, 0.6) is 11.5 Å². The van der Waals surface area contributed by atoms with Crippen LogP contribution in [0.15, 0.2) is 89.8 Å². The van der Waals surface area contributed by atoms with Gasteiger partial charge in [-0.25, -0.2) is 8.42 Å². The van der Waals surface area contributed by atoms with Gasteiger partial charge in [0.1, 0.15) is 11.5 Å². The molecule has 0 aliphatic rings. The van der Waals surface area contributed by atoms with Gasteiger partial charge in [0, 0.05) is 5.69 Å². The van der Waals surface area contributed by atoms with Crippen LogP contribution >= 0.6 is 0 Å². The molecule has 0 heterocycles. The number of aryl methyl sites for hydroxylation is 1. The zero-order valence-corrected chi connectivity index (χ0v) is 21.1. The maximum atomic E-state index is 12.9. The standard InChI is InChI=1S/C28H28N2O5S/c1-4-26(35-23-13-10-20-7-5-6-8-21(20)18-23)28(31)29-22-11-14-24(15-12-22)36(32,33)30-25-17-19(2)9-16-27(25)34-3/h5-18,26,30H,4H2,1-3H3,(H,29,31)/t26-/m0/s1. The number of hydrogen-bond acceptors (Lipinski definition) is 5. The maximum absolute atomic E-state index is 12.9. The summed E-state index contributed by atoms with van der Waals surface area (Å²) >= 11 is 0. The highest BCUT2D eigenvalue weighted by Gasteiger charge is 2.20. The maximum Gasteiger partial charge on any atom is 0.265 e. The Labute approximate surface area is 211 Å². The summed E-state index contributed by atoms with van der Waals surface area (Å²) in [6, 6.07) is 24.8. The molecular formula is C28H28N2O5S. The smallest absolute Gasteiger partial charge is 0.265 e. The average molecular weight is 505 g/mol. The SMILES string of the molecule is CC[C@H](Oc1ccc2ccccc2c1)C(=O)Nc1ccc(S(=O)(=O)Nc2cc(C)ccc2OC)cc1. The van der Waals surface area contributed by atoms with Crippen LogP contribution in [0.2, 0.25) is 0 Å². The van der Waals surface area contributed by atoms with Gasteiger partial charge in [0.25, 0.3) is 15.9 Å². The van der Waals surface area contributed by atoms with E-state index in [0.717, 1.165) is 16.3 Å². The number of nitrogens with one attached hydrogen (secondary N) is 2. The van der Waals surface area contributed by atoms with Gasteiger partial charge < -0.3 is 14.8 Å². The third-order valence-electron chi connectivity index (χ3n) is 5.69. The number of amides is 1. The first-order valence-electron chi connectivity index (χ1n) is 11.5. The summed E-state index contributed by atoms with van der Waals surface area (Å²) in [5.41, 5.74) is 1.71. The number of rotatable bonds is 9. The number of carbonyl (C=O) groups excluding carboxylic acids is 1. The van der Waals surface area contributed by atoms with E-state index >= 15 is 0 Å². The van der Waals surface area contributed by atoms with Crippen molar-refractivity contribution in [2.75, 3.05) is 17.1 Å². The van der Waals surface area contributed by atoms with Crippen LogP contribution in [-0.4, -0.2) is 27.5 Å². The van der Waals surface area contributed by atoms with E-state index < -0.39 is 16.1 Å². The number of ether oxygens (including phenoxy) is 2. The minimum atomic E-state index is -3.85. The van der Waals surface area contributed by atoms with Gasteiger partial charge in [-0.3, -0.25) is 9.52 Å². The molecule has 1 atom stereocenters. The van der Waals surface area contributed by atoms with E-state index in [-0.39, 0.29) is 10.8 Å². The second-order valence-corrected chi connectivity index (χ2v) is 10.0. The van der Waals surface area contributed by atoms with Crippen molar-refractivity contribution < 1.29 is 22.7 Å². The molecule has 4 aromatic carbocycles. The van der Waals surface area contributed by atoms with E-state index in [9.17, 15) is 13.2 Å². The Bertz CT molecular complexity index is 1480. The molecule has 0 bridgehead atoms. The molecular weight excluding hydrogens is 476 g/mol. The van der Waals surface area contributed by atoms with E-state index in [4.69, 9.17) is 9.47 Å². The highest BCUT2D eigenvalue weighted by molar-refractivity contribution is 7.92. The summed E-state index contributed by atoms with van der Waals surface area (Å²) in [5.74, 6) is 0.712. The molecule has 4 aromatic rings. The molecule has 0 aliphatic carbocycles. The van der Waals surface area contributed by atoms with Crippen molar-refractivity contribution in [3.05, 3.63) is 90.5 Å². The van der Waals surface area contributed by atoms with E-state index in [1.807, 2.05) is 62.4 Å². The van der Waals surface area contributed by atoms with Crippen LogP contribution < -0.4 is 19.5 Å². The number of methoxy groups -OCH3 is 1. The van der Waals surface area contributed by atoms with Crippen LogP contribution in [0.1, 0.15) is 18.9 Å². The van der Waals surface area contributed by atoms with Crippen molar-refractivity contribution in [3.8, 4) is 11.5 Å². The largest absolute Gasteiger partial charge is 0.495 e. The zero-order chi connectivity index (χ0) is 25.7. The van der Waals surface area contributed by atoms with Crippen LogP contribution in [-0.2, 0) is 14.8 Å². The quantitative estimate of drug-likeness (QED) is 0.303. The zero-order valence-electron chi connectivity index (χ0n) is 20.3. The number of hydrogen-bond donors (Lipinski definition) is 2. The molecule has 2 N–H and O–H groups in total. The van der Waals surface area contributed by atoms with Gasteiger partial charge in [0.2, 0.25) is 0 Å². The molecule has 36 heavy (non-hydrogen) atoms. The van der Waals surface area contributed by atoms with Crippen LogP contribution in [0.4, 0.5) is 11.4 Å². The third kappa shape index (κ3) is 5.78. The fourth-order valence-corrected chi connectivity index (χ4v) is 4.83. The monoisotopic (exact) mass is 504 g/mol. The Morgan fingerprint density at radius 2 is 1.64 bits per heavy atom. The van der Waals surface area contributed by atoms with Gasteiger partial charge in [-0.05, 0) is 78.2 Å². The Kier molecular flexibility index (Phi) is 7.45. The topological polar surface area (TPSA) is 93.7 Å². The Morgan fingerprint density at radius 3 is 2.33 bits per heavy atom. The van der Waals surface area contributed by atoms with E-state index in [1.165, 1.54) is 19.2 Å². The molecule has 4 rings (SSSR count). The molecule has 0 aromatic heterocycles. The second kappa shape index (κ2) is 10.7. The molecule has 0 radical (unpaired) electrons. The van der Waals surface area contributed by atoms with Crippen molar-refractivity contribution in [2.24, 2.45) is 0 Å². The lowest BCUT2D eigenvalue weighted by Gasteiger charge is -2.18. The molecule has 0 unspecified atom stereocenters. The molecule has 186 valence electrons. The molecule has 1 amide bonds. The van der Waals surface area contributed by atoms with E-state index in [0.29, 0.717) is 29.3 Å². The minimum absolute atomic E-state index is 0.0588. The summed E-state index contributed by atoms with van der Waals surface area (Å²) < 4.78 is 39.6. The predicted molar refractivity (Wildman–Crippen MR) is 142 cm³/mol. The highest BCUT2D eigenvalue weighted by Crippen LogP contribution is 2.28. The third-order valence-corrected chi connectivity index (χ3v) is 7.08. The molecule has 0 saturated heterocycles. The number of benzene rings is 4. The van der Waals surface area contributed by atoms with Crippen molar-refractivity contribution in [1.82, 2.24) is 0 Å². The fraction of sp³-hybridized carbons (Fsp3) is 0.179. The minimum Gasteiger partial charge on any atom is -0.495 e. The summed E-state index contributed by atoms with van der Waals surface area (Å²) in [7, 11) is -2.38. The first-order valence-corrected chi connectivity index (χ1v) is 13.0.